The van der Waals surface area contributed by atoms with Crippen molar-refractivity contribution in [2.75, 3.05) is 399 Å². The minimum absolute atomic E-state index is 1.05. The average molecular weight is 1160 g/mol. The first-order chi connectivity index (χ1) is 37.9. The van der Waals surface area contributed by atoms with Crippen LogP contribution in [0, 0.1) is 0 Å². The molecule has 0 aromatic carbocycles. The largest absolute Gasteiger partial charge is 0.314 e. The summed E-state index contributed by atoms with van der Waals surface area (Å²) in [5, 5.41) is 3.65. The predicted molar refractivity (Wildman–Crippen MR) is 363 cm³/mol. The number of likely N-dealkylation sites (N-methyl/N-ethyl adjacent to an activating group) is 12. The normalized spacial score (nSPS) is 12.5. The molecule has 0 saturated carbocycles. The summed E-state index contributed by atoms with van der Waals surface area (Å²) in [6.07, 6.45) is 1.25. The number of nitrogens with zero attached hydrogens (tertiary/aromatic N) is 19. The maximum Gasteiger partial charge on any atom is 0.0110 e. The molecule has 20 nitrogen and oxygen atoms in total. The molecule has 0 bridgehead atoms. The summed E-state index contributed by atoms with van der Waals surface area (Å²) in [4.78, 5) is 45.2. The fourth-order valence-electron chi connectivity index (χ4n) is 7.52. The van der Waals surface area contributed by atoms with E-state index in [2.05, 4.69) is 289 Å². The standard InChI is InChI=1S/C26H63N9.C19H46N6.C12H30N4.C4H11N/c1-28(2)13-11-27-12-14-33(23-25-34(19-15-29(3)4)20-16-30(5)6)24-26-35(21-17-31(7)8)22-18-32(9)10;1-20(2)12-16-24(17-13-21(3)4)10-9-11-25(18-14-22(5)6)19-15-23(7)8;1-13(2)7-10-16(11-8-14(3)4)12-9-15(5)6;1-4-5(2)3/h27H,11-26H2,1-10H3;9-19H2,1-8H3;7-12H2,1-6H3;4H2,1-3H3. The van der Waals surface area contributed by atoms with Gasteiger partial charge in [-0.2, -0.15) is 0 Å². The molecular weight excluding hydrogens is 1010 g/mol. The molecule has 0 aliphatic carbocycles. The Hall–Kier alpha value is -0.800. The zero-order chi connectivity index (χ0) is 62.7. The maximum absolute atomic E-state index is 3.65. The van der Waals surface area contributed by atoms with Crippen molar-refractivity contribution in [3.8, 4) is 0 Å². The lowest BCUT2D eigenvalue weighted by molar-refractivity contribution is 0.155. The van der Waals surface area contributed by atoms with Gasteiger partial charge in [-0.3, -0.25) is 19.6 Å². The molecule has 0 atom stereocenters. The molecular formula is C61H150N20. The Labute approximate surface area is 509 Å². The van der Waals surface area contributed by atoms with Crippen molar-refractivity contribution in [1.82, 2.24) is 98.4 Å². The molecule has 0 fully saturated rings. The van der Waals surface area contributed by atoms with Gasteiger partial charge in [0.25, 0.3) is 0 Å². The van der Waals surface area contributed by atoms with E-state index in [1.807, 2.05) is 0 Å². The summed E-state index contributed by atoms with van der Waals surface area (Å²) in [6.45, 7) is 39.6. The second-order valence-corrected chi connectivity index (χ2v) is 26.2. The van der Waals surface area contributed by atoms with Crippen LogP contribution in [0.2, 0.25) is 0 Å². The molecule has 0 spiro atoms. The first kappa shape index (κ1) is 86.6. The monoisotopic (exact) mass is 1160 g/mol. The van der Waals surface area contributed by atoms with Gasteiger partial charge in [0.15, 0.2) is 0 Å². The lowest BCUT2D eigenvalue weighted by Crippen LogP contribution is -2.46. The third-order valence-electron chi connectivity index (χ3n) is 13.9. The van der Waals surface area contributed by atoms with Crippen LogP contribution in [0.15, 0.2) is 0 Å². The van der Waals surface area contributed by atoms with E-state index in [0.717, 1.165) is 203 Å². The molecule has 0 rings (SSSR count). The van der Waals surface area contributed by atoms with E-state index in [1.165, 1.54) is 19.5 Å². The van der Waals surface area contributed by atoms with Gasteiger partial charge in [0.05, 0.1) is 0 Å². The molecule has 0 heterocycles. The van der Waals surface area contributed by atoms with E-state index >= 15 is 0 Å². The minimum atomic E-state index is 1.05. The van der Waals surface area contributed by atoms with E-state index in [9.17, 15) is 0 Å². The van der Waals surface area contributed by atoms with Crippen molar-refractivity contribution in [3.63, 3.8) is 0 Å². The van der Waals surface area contributed by atoms with Crippen LogP contribution in [-0.2, 0) is 0 Å². The Kier molecular flexibility index (Phi) is 62.3. The van der Waals surface area contributed by atoms with Crippen LogP contribution in [0.4, 0.5) is 0 Å². The van der Waals surface area contributed by atoms with Crippen LogP contribution in [-0.4, -0.2) is 492 Å². The molecule has 0 amide bonds. The Morgan fingerprint density at radius 3 is 0.457 bits per heavy atom. The average Bonchev–Trinajstić information content (AvgIpc) is 3.36. The van der Waals surface area contributed by atoms with Gasteiger partial charge in [-0.1, -0.05) is 6.92 Å². The van der Waals surface area contributed by atoms with E-state index in [0.29, 0.717) is 0 Å². The predicted octanol–water partition coefficient (Wildman–Crippen LogP) is 0.0580. The van der Waals surface area contributed by atoms with Crippen molar-refractivity contribution >= 4 is 0 Å². The van der Waals surface area contributed by atoms with Gasteiger partial charge in [-0.15, -0.1) is 0 Å². The lowest BCUT2D eigenvalue weighted by Gasteiger charge is -2.32. The van der Waals surface area contributed by atoms with Gasteiger partial charge in [-0.05, 0) is 209 Å². The molecule has 0 aliphatic heterocycles. The van der Waals surface area contributed by atoms with Crippen LogP contribution >= 0.6 is 0 Å². The fourth-order valence-corrected chi connectivity index (χ4v) is 7.52. The van der Waals surface area contributed by atoms with E-state index in [-0.39, 0.29) is 0 Å². The summed E-state index contributed by atoms with van der Waals surface area (Å²) in [6, 6.07) is 0. The first-order valence-electron chi connectivity index (χ1n) is 31.3. The molecule has 0 saturated heterocycles. The molecule has 0 aliphatic rings. The Bertz CT molecular complexity index is 1100. The quantitative estimate of drug-likeness (QED) is 0.0836. The van der Waals surface area contributed by atoms with E-state index < -0.39 is 0 Å². The number of nitrogens with one attached hydrogen (secondary N) is 1. The maximum atomic E-state index is 3.65. The first-order valence-corrected chi connectivity index (χ1v) is 31.3. The van der Waals surface area contributed by atoms with Crippen LogP contribution < -0.4 is 5.32 Å². The highest BCUT2D eigenvalue weighted by Gasteiger charge is 2.15. The Balaban J connectivity index is -0.000000559. The van der Waals surface area contributed by atoms with Crippen molar-refractivity contribution in [2.24, 2.45) is 0 Å². The van der Waals surface area contributed by atoms with Crippen LogP contribution in [0.5, 0.6) is 0 Å². The van der Waals surface area contributed by atoms with Gasteiger partial charge in [0.2, 0.25) is 0 Å². The third kappa shape index (κ3) is 73.4. The Morgan fingerprint density at radius 2 is 0.296 bits per heavy atom. The number of hydrogen-bond donors (Lipinski definition) is 1. The number of rotatable bonds is 50. The highest BCUT2D eigenvalue weighted by atomic mass is 15.3. The molecule has 494 valence electrons. The smallest absolute Gasteiger partial charge is 0.0110 e. The molecule has 20 heteroatoms. The van der Waals surface area contributed by atoms with E-state index in [1.54, 1.807) is 0 Å². The van der Waals surface area contributed by atoms with Crippen LogP contribution in [0.1, 0.15) is 13.3 Å². The van der Waals surface area contributed by atoms with Gasteiger partial charge in [0, 0.05) is 196 Å². The topological polar surface area (TPSA) is 73.6 Å². The van der Waals surface area contributed by atoms with Gasteiger partial charge < -0.3 is 78.8 Å². The van der Waals surface area contributed by atoms with Crippen molar-refractivity contribution < 1.29 is 0 Å². The molecule has 0 radical (unpaired) electrons. The zero-order valence-corrected chi connectivity index (χ0v) is 60.0. The summed E-state index contributed by atoms with van der Waals surface area (Å²) in [5.74, 6) is 0. The number of hydrogen-bond acceptors (Lipinski definition) is 20. The molecule has 0 aromatic rings. The fraction of sp³-hybridized carbons (Fsp3) is 1.00. The molecule has 0 aromatic heterocycles. The van der Waals surface area contributed by atoms with E-state index in [4.69, 9.17) is 0 Å². The lowest BCUT2D eigenvalue weighted by atomic mass is 10.3. The Morgan fingerprint density at radius 1 is 0.160 bits per heavy atom. The van der Waals surface area contributed by atoms with Crippen LogP contribution in [0.3, 0.4) is 0 Å². The van der Waals surface area contributed by atoms with Gasteiger partial charge in [-0.25, -0.2) is 0 Å². The summed E-state index contributed by atoms with van der Waals surface area (Å²) < 4.78 is 0. The van der Waals surface area contributed by atoms with Gasteiger partial charge in [0.1, 0.15) is 0 Å². The van der Waals surface area contributed by atoms with Crippen molar-refractivity contribution in [1.29, 1.82) is 0 Å². The molecule has 0 unspecified atom stereocenters. The SMILES string of the molecule is CCN(C)C.CN(C)CCN(CCCN(CCN(C)C)CCN(C)C)CCN(C)C.CN(C)CCN(CCN(C)C)CCN(C)C.CN(C)CCNCCN(CCN(CCN(C)C)CCN(C)C)CCN(CCN(C)C)CCN(C)C. The summed E-state index contributed by atoms with van der Waals surface area (Å²) in [5.41, 5.74) is 0. The van der Waals surface area contributed by atoms with Crippen LogP contribution in [0.25, 0.3) is 0 Å². The van der Waals surface area contributed by atoms with Crippen molar-refractivity contribution in [2.45, 2.75) is 13.3 Å². The second kappa shape index (κ2) is 58.2. The summed E-state index contributed by atoms with van der Waals surface area (Å²) in [7, 11) is 55.9. The minimum Gasteiger partial charge on any atom is -0.314 e. The van der Waals surface area contributed by atoms with Crippen molar-refractivity contribution in [3.05, 3.63) is 0 Å². The molecule has 1 N–H and O–H groups in total. The molecule has 81 heavy (non-hydrogen) atoms. The summed E-state index contributed by atoms with van der Waals surface area (Å²) >= 11 is 0. The highest BCUT2D eigenvalue weighted by Crippen LogP contribution is 2.01. The highest BCUT2D eigenvalue weighted by molar-refractivity contribution is 4.72. The van der Waals surface area contributed by atoms with Gasteiger partial charge >= 0.3 is 0 Å². The zero-order valence-electron chi connectivity index (χ0n) is 60.0. The third-order valence-corrected chi connectivity index (χ3v) is 13.9. The second-order valence-electron chi connectivity index (χ2n) is 26.2.